The van der Waals surface area contributed by atoms with Crippen LogP contribution < -0.4 is 5.32 Å². The molecule has 0 saturated carbocycles. The molecule has 0 spiro atoms. The molecule has 2 atom stereocenters. The first kappa shape index (κ1) is 10.5. The van der Waals surface area contributed by atoms with Gasteiger partial charge in [-0.05, 0) is 26.9 Å². The third kappa shape index (κ3) is 2.33. The first-order chi connectivity index (χ1) is 7.29. The Morgan fingerprint density at radius 2 is 2.40 bits per heavy atom. The molecule has 4 heteroatoms. The summed E-state index contributed by atoms with van der Waals surface area (Å²) in [6.45, 7) is 4.39. The fraction of sp³-hybridized carbons (Fsp3) is 0.636. The van der Waals surface area contributed by atoms with Crippen molar-refractivity contribution in [2.45, 2.75) is 25.4 Å². The minimum Gasteiger partial charge on any atom is -0.315 e. The Morgan fingerprint density at radius 3 is 3.00 bits per heavy atom. The molecule has 0 radical (unpaired) electrons. The van der Waals surface area contributed by atoms with Gasteiger partial charge in [0, 0.05) is 31.2 Å². The van der Waals surface area contributed by atoms with Gasteiger partial charge in [0.2, 0.25) is 0 Å². The van der Waals surface area contributed by atoms with E-state index in [0.717, 1.165) is 18.8 Å². The lowest BCUT2D eigenvalue weighted by Crippen LogP contribution is -2.35. The first-order valence-corrected chi connectivity index (χ1v) is 5.47. The topological polar surface area (TPSA) is 41.1 Å². The highest BCUT2D eigenvalue weighted by atomic mass is 15.2. The highest BCUT2D eigenvalue weighted by Crippen LogP contribution is 2.20. The van der Waals surface area contributed by atoms with E-state index in [4.69, 9.17) is 0 Å². The molecule has 1 aromatic heterocycles. The number of rotatable bonds is 3. The second kappa shape index (κ2) is 4.68. The normalized spacial score (nSPS) is 23.3. The van der Waals surface area contributed by atoms with Crippen LogP contribution in [0.3, 0.4) is 0 Å². The van der Waals surface area contributed by atoms with Crippen molar-refractivity contribution in [2.24, 2.45) is 0 Å². The van der Waals surface area contributed by atoms with Crippen molar-refractivity contribution in [3.63, 3.8) is 0 Å². The van der Waals surface area contributed by atoms with Gasteiger partial charge in [0.25, 0.3) is 0 Å². The average Bonchev–Trinajstić information content (AvgIpc) is 2.82. The number of likely N-dealkylation sites (N-methyl/N-ethyl adjacent to an activating group) is 1. The van der Waals surface area contributed by atoms with Crippen molar-refractivity contribution in [2.75, 3.05) is 20.1 Å². The lowest BCUT2D eigenvalue weighted by Gasteiger charge is -2.29. The number of nitrogens with zero attached hydrogens (tertiary/aromatic N) is 3. The van der Waals surface area contributed by atoms with Crippen LogP contribution in [0.5, 0.6) is 0 Å². The minimum atomic E-state index is 0.337. The van der Waals surface area contributed by atoms with Gasteiger partial charge >= 0.3 is 0 Å². The quantitative estimate of drug-likeness (QED) is 0.795. The molecule has 0 amide bonds. The van der Waals surface area contributed by atoms with Crippen LogP contribution >= 0.6 is 0 Å². The summed E-state index contributed by atoms with van der Waals surface area (Å²) in [4.78, 5) is 10.8. The minimum absolute atomic E-state index is 0.337. The molecule has 1 fully saturated rings. The maximum absolute atomic E-state index is 4.35. The number of hydrogen-bond acceptors (Lipinski definition) is 4. The molecule has 1 aliphatic rings. The summed E-state index contributed by atoms with van der Waals surface area (Å²) < 4.78 is 0. The highest BCUT2D eigenvalue weighted by molar-refractivity contribution is 5.02. The van der Waals surface area contributed by atoms with Crippen molar-refractivity contribution >= 4 is 0 Å². The van der Waals surface area contributed by atoms with E-state index in [-0.39, 0.29) is 0 Å². The molecule has 1 saturated heterocycles. The summed E-state index contributed by atoms with van der Waals surface area (Å²) in [7, 11) is 2.16. The van der Waals surface area contributed by atoms with Gasteiger partial charge in [0.05, 0.1) is 11.7 Å². The predicted molar refractivity (Wildman–Crippen MR) is 59.5 cm³/mol. The van der Waals surface area contributed by atoms with Gasteiger partial charge in [0.1, 0.15) is 0 Å². The van der Waals surface area contributed by atoms with E-state index in [1.807, 2.05) is 6.20 Å². The summed E-state index contributed by atoms with van der Waals surface area (Å²) in [5, 5.41) is 3.38. The Kier molecular flexibility index (Phi) is 3.28. The molecule has 4 nitrogen and oxygen atoms in total. The number of hydrogen-bond donors (Lipinski definition) is 1. The Hall–Kier alpha value is -1.00. The van der Waals surface area contributed by atoms with Crippen molar-refractivity contribution < 1.29 is 0 Å². The molecular weight excluding hydrogens is 188 g/mol. The molecule has 1 N–H and O–H groups in total. The van der Waals surface area contributed by atoms with Crippen LogP contribution in [0.1, 0.15) is 25.1 Å². The van der Waals surface area contributed by atoms with E-state index in [9.17, 15) is 0 Å². The first-order valence-electron chi connectivity index (χ1n) is 5.47. The summed E-state index contributed by atoms with van der Waals surface area (Å²) in [5.41, 5.74) is 1.05. The highest BCUT2D eigenvalue weighted by Gasteiger charge is 2.24. The van der Waals surface area contributed by atoms with Crippen LogP contribution in [-0.2, 0) is 0 Å². The van der Waals surface area contributed by atoms with Crippen molar-refractivity contribution in [1.82, 2.24) is 20.2 Å². The Balaban J connectivity index is 2.03. The van der Waals surface area contributed by atoms with E-state index in [0.29, 0.717) is 12.1 Å². The van der Waals surface area contributed by atoms with Crippen molar-refractivity contribution in [3.8, 4) is 0 Å². The zero-order valence-corrected chi connectivity index (χ0v) is 9.35. The van der Waals surface area contributed by atoms with Gasteiger partial charge < -0.3 is 5.32 Å². The van der Waals surface area contributed by atoms with Crippen LogP contribution in [0.4, 0.5) is 0 Å². The Labute approximate surface area is 90.7 Å². The molecule has 82 valence electrons. The van der Waals surface area contributed by atoms with Gasteiger partial charge in [0.15, 0.2) is 0 Å². The lowest BCUT2D eigenvalue weighted by molar-refractivity contribution is 0.193. The van der Waals surface area contributed by atoms with Crippen LogP contribution in [0, 0.1) is 0 Å². The third-order valence-corrected chi connectivity index (χ3v) is 3.23. The summed E-state index contributed by atoms with van der Waals surface area (Å²) >= 11 is 0. The fourth-order valence-electron chi connectivity index (χ4n) is 2.04. The van der Waals surface area contributed by atoms with Crippen LogP contribution in [0.15, 0.2) is 18.6 Å². The summed E-state index contributed by atoms with van der Waals surface area (Å²) in [5.74, 6) is 0. The second-order valence-corrected chi connectivity index (χ2v) is 4.12. The largest absolute Gasteiger partial charge is 0.315 e. The summed E-state index contributed by atoms with van der Waals surface area (Å²) in [6.07, 6.45) is 6.55. The van der Waals surface area contributed by atoms with Gasteiger partial charge in [-0.15, -0.1) is 0 Å². The molecule has 1 aliphatic heterocycles. The van der Waals surface area contributed by atoms with Crippen LogP contribution in [0.2, 0.25) is 0 Å². The molecule has 15 heavy (non-hydrogen) atoms. The second-order valence-electron chi connectivity index (χ2n) is 4.12. The van der Waals surface area contributed by atoms with Crippen molar-refractivity contribution in [3.05, 3.63) is 24.3 Å². The van der Waals surface area contributed by atoms with Gasteiger partial charge in [-0.1, -0.05) is 0 Å². The van der Waals surface area contributed by atoms with Gasteiger partial charge in [-0.3, -0.25) is 14.9 Å². The van der Waals surface area contributed by atoms with E-state index in [1.54, 1.807) is 12.4 Å². The van der Waals surface area contributed by atoms with E-state index in [2.05, 4.69) is 34.2 Å². The zero-order chi connectivity index (χ0) is 10.7. The average molecular weight is 206 g/mol. The van der Waals surface area contributed by atoms with Gasteiger partial charge in [-0.25, -0.2) is 0 Å². The molecule has 2 heterocycles. The monoisotopic (exact) mass is 206 g/mol. The Bertz CT molecular complexity index is 295. The summed E-state index contributed by atoms with van der Waals surface area (Å²) in [6, 6.07) is 0.964. The SMILES string of the molecule is C[C@H](c1cnccn1)N(C)[C@@H]1CCNC1. The van der Waals surface area contributed by atoms with Crippen LogP contribution in [-0.4, -0.2) is 41.0 Å². The van der Waals surface area contributed by atoms with Crippen molar-refractivity contribution in [1.29, 1.82) is 0 Å². The predicted octanol–water partition coefficient (Wildman–Crippen LogP) is 0.831. The maximum Gasteiger partial charge on any atom is 0.0755 e. The van der Waals surface area contributed by atoms with Gasteiger partial charge in [-0.2, -0.15) is 0 Å². The number of aromatic nitrogens is 2. The smallest absolute Gasteiger partial charge is 0.0755 e. The molecule has 2 rings (SSSR count). The Morgan fingerprint density at radius 1 is 1.53 bits per heavy atom. The standard InChI is InChI=1S/C11H18N4/c1-9(11-8-13-5-6-14-11)15(2)10-3-4-12-7-10/h5-6,8-10,12H,3-4,7H2,1-2H3/t9-,10-/m1/s1. The third-order valence-electron chi connectivity index (χ3n) is 3.23. The van der Waals surface area contributed by atoms with E-state index in [1.165, 1.54) is 6.42 Å². The zero-order valence-electron chi connectivity index (χ0n) is 9.35. The molecule has 0 aromatic carbocycles. The van der Waals surface area contributed by atoms with E-state index < -0.39 is 0 Å². The fourth-order valence-corrected chi connectivity index (χ4v) is 2.04. The van der Waals surface area contributed by atoms with E-state index >= 15 is 0 Å². The molecule has 0 aliphatic carbocycles. The number of nitrogens with one attached hydrogen (secondary N) is 1. The molecule has 0 unspecified atom stereocenters. The van der Waals surface area contributed by atoms with Crippen LogP contribution in [0.25, 0.3) is 0 Å². The molecule has 0 bridgehead atoms. The molecule has 1 aromatic rings. The molecular formula is C11H18N4. The lowest BCUT2D eigenvalue weighted by atomic mass is 10.1. The maximum atomic E-state index is 4.35.